The van der Waals surface area contributed by atoms with Crippen molar-refractivity contribution in [1.29, 1.82) is 0 Å². The largest absolute Gasteiger partial charge is 0.373 e. The van der Waals surface area contributed by atoms with E-state index in [9.17, 15) is 4.79 Å². The molecule has 1 aliphatic rings. The van der Waals surface area contributed by atoms with Gasteiger partial charge >= 0.3 is 0 Å². The van der Waals surface area contributed by atoms with E-state index in [1.807, 2.05) is 13.8 Å². The van der Waals surface area contributed by atoms with Crippen molar-refractivity contribution >= 4 is 5.91 Å². The van der Waals surface area contributed by atoms with Crippen molar-refractivity contribution in [1.82, 2.24) is 5.32 Å². The molecule has 2 unspecified atom stereocenters. The summed E-state index contributed by atoms with van der Waals surface area (Å²) in [5.41, 5.74) is 0. The molecule has 58 valence electrons. The summed E-state index contributed by atoms with van der Waals surface area (Å²) >= 11 is 0. The number of carbonyl (C=O) groups excluding carboxylic acids is 1. The molecule has 1 aliphatic heterocycles. The van der Waals surface area contributed by atoms with E-state index in [0.717, 1.165) is 0 Å². The van der Waals surface area contributed by atoms with Crippen LogP contribution in [0.4, 0.5) is 0 Å². The molecule has 1 saturated heterocycles. The van der Waals surface area contributed by atoms with E-state index in [1.165, 1.54) is 0 Å². The molecule has 1 heterocycles. The molecular weight excluding hydrogens is 130 g/mol. The van der Waals surface area contributed by atoms with Crippen LogP contribution in [0.15, 0.2) is 0 Å². The predicted molar refractivity (Wildman–Crippen MR) is 37.6 cm³/mol. The van der Waals surface area contributed by atoms with Gasteiger partial charge in [0.05, 0.1) is 18.6 Å². The van der Waals surface area contributed by atoms with Crippen molar-refractivity contribution < 1.29 is 9.53 Å². The van der Waals surface area contributed by atoms with Crippen molar-refractivity contribution in [3.05, 3.63) is 0 Å². The molecule has 3 nitrogen and oxygen atoms in total. The first-order valence-electron chi connectivity index (χ1n) is 3.60. The molecule has 1 amide bonds. The van der Waals surface area contributed by atoms with Crippen LogP contribution < -0.4 is 5.32 Å². The van der Waals surface area contributed by atoms with Crippen LogP contribution in [-0.4, -0.2) is 24.7 Å². The fraction of sp³-hybridized carbons (Fsp3) is 0.857. The van der Waals surface area contributed by atoms with Gasteiger partial charge in [-0.05, 0) is 13.8 Å². The van der Waals surface area contributed by atoms with Gasteiger partial charge in [-0.3, -0.25) is 4.79 Å². The molecule has 0 aromatic rings. The molecule has 0 aliphatic carbocycles. The molecule has 10 heavy (non-hydrogen) atoms. The van der Waals surface area contributed by atoms with Gasteiger partial charge in [-0.2, -0.15) is 0 Å². The zero-order valence-electron chi connectivity index (χ0n) is 6.39. The zero-order valence-corrected chi connectivity index (χ0v) is 6.39. The second kappa shape index (κ2) is 3.01. The minimum Gasteiger partial charge on any atom is -0.373 e. The summed E-state index contributed by atoms with van der Waals surface area (Å²) < 4.78 is 5.40. The fourth-order valence-corrected chi connectivity index (χ4v) is 1.08. The maximum Gasteiger partial charge on any atom is 0.222 e. The average Bonchev–Trinajstić information content (AvgIpc) is 1.93. The SMILES string of the molecule is CC1CNC(=O)CC(C)O1. The van der Waals surface area contributed by atoms with E-state index in [-0.39, 0.29) is 18.1 Å². The first kappa shape index (κ1) is 7.54. The Labute approximate surface area is 60.7 Å². The van der Waals surface area contributed by atoms with Gasteiger partial charge < -0.3 is 10.1 Å². The molecule has 2 atom stereocenters. The molecule has 0 bridgehead atoms. The lowest BCUT2D eigenvalue weighted by atomic mass is 10.3. The van der Waals surface area contributed by atoms with Crippen LogP contribution in [0.5, 0.6) is 0 Å². The highest BCUT2D eigenvalue weighted by molar-refractivity contribution is 5.76. The lowest BCUT2D eigenvalue weighted by molar-refractivity contribution is -0.121. The lowest BCUT2D eigenvalue weighted by Gasteiger charge is -2.11. The van der Waals surface area contributed by atoms with Gasteiger partial charge in [-0.25, -0.2) is 0 Å². The van der Waals surface area contributed by atoms with Crippen LogP contribution >= 0.6 is 0 Å². The molecule has 1 N–H and O–H groups in total. The highest BCUT2D eigenvalue weighted by atomic mass is 16.5. The summed E-state index contributed by atoms with van der Waals surface area (Å²) in [5, 5.41) is 2.76. The number of carbonyl (C=O) groups is 1. The number of rotatable bonds is 0. The van der Waals surface area contributed by atoms with Crippen LogP contribution in [0, 0.1) is 0 Å². The quantitative estimate of drug-likeness (QED) is 0.529. The Balaban J connectivity index is 2.46. The Bertz CT molecular complexity index is 136. The monoisotopic (exact) mass is 143 g/mol. The van der Waals surface area contributed by atoms with Gasteiger partial charge in [0.25, 0.3) is 0 Å². The summed E-state index contributed by atoms with van der Waals surface area (Å²) in [7, 11) is 0. The Morgan fingerprint density at radius 3 is 2.90 bits per heavy atom. The standard InChI is InChI=1S/C7H13NO2/c1-5-3-7(9)8-4-6(2)10-5/h5-6H,3-4H2,1-2H3,(H,8,9). The molecular formula is C7H13NO2. The topological polar surface area (TPSA) is 38.3 Å². The minimum atomic E-state index is 0.0671. The highest BCUT2D eigenvalue weighted by Crippen LogP contribution is 2.05. The summed E-state index contributed by atoms with van der Waals surface area (Å²) in [6.07, 6.45) is 0.712. The highest BCUT2D eigenvalue weighted by Gasteiger charge is 2.17. The van der Waals surface area contributed by atoms with E-state index in [0.29, 0.717) is 13.0 Å². The predicted octanol–water partition coefficient (Wildman–Crippen LogP) is 0.300. The van der Waals surface area contributed by atoms with E-state index in [4.69, 9.17) is 4.74 Å². The number of amides is 1. The van der Waals surface area contributed by atoms with Crippen LogP contribution in [0.3, 0.4) is 0 Å². The van der Waals surface area contributed by atoms with Crippen LogP contribution in [0.2, 0.25) is 0 Å². The molecule has 0 aromatic heterocycles. The average molecular weight is 143 g/mol. The lowest BCUT2D eigenvalue weighted by Crippen LogP contribution is -2.27. The molecule has 0 aromatic carbocycles. The number of nitrogens with one attached hydrogen (secondary N) is 1. The van der Waals surface area contributed by atoms with Gasteiger partial charge in [-0.15, -0.1) is 0 Å². The van der Waals surface area contributed by atoms with Gasteiger partial charge in [-0.1, -0.05) is 0 Å². The maximum absolute atomic E-state index is 10.8. The number of hydrogen-bond donors (Lipinski definition) is 1. The molecule has 3 heteroatoms. The van der Waals surface area contributed by atoms with E-state index < -0.39 is 0 Å². The molecule has 0 radical (unpaired) electrons. The van der Waals surface area contributed by atoms with Crippen molar-refractivity contribution in [2.24, 2.45) is 0 Å². The van der Waals surface area contributed by atoms with E-state index in [1.54, 1.807) is 0 Å². The first-order chi connectivity index (χ1) is 4.68. The Hall–Kier alpha value is -0.570. The zero-order chi connectivity index (χ0) is 7.56. The Morgan fingerprint density at radius 1 is 1.50 bits per heavy atom. The third kappa shape index (κ3) is 1.99. The summed E-state index contributed by atoms with van der Waals surface area (Å²) in [4.78, 5) is 10.8. The first-order valence-corrected chi connectivity index (χ1v) is 3.60. The Morgan fingerprint density at radius 2 is 2.20 bits per heavy atom. The summed E-state index contributed by atoms with van der Waals surface area (Å²) in [6.45, 7) is 4.52. The third-order valence-corrected chi connectivity index (χ3v) is 1.52. The van der Waals surface area contributed by atoms with Gasteiger partial charge in [0, 0.05) is 6.54 Å². The van der Waals surface area contributed by atoms with Crippen molar-refractivity contribution in [3.8, 4) is 0 Å². The second-order valence-corrected chi connectivity index (χ2v) is 2.77. The maximum atomic E-state index is 10.8. The Kier molecular flexibility index (Phi) is 2.27. The smallest absolute Gasteiger partial charge is 0.222 e. The fourth-order valence-electron chi connectivity index (χ4n) is 1.08. The van der Waals surface area contributed by atoms with E-state index >= 15 is 0 Å². The second-order valence-electron chi connectivity index (χ2n) is 2.77. The normalized spacial score (nSPS) is 34.8. The van der Waals surface area contributed by atoms with Crippen LogP contribution in [-0.2, 0) is 9.53 Å². The van der Waals surface area contributed by atoms with Gasteiger partial charge in [0.15, 0.2) is 0 Å². The minimum absolute atomic E-state index is 0.0671. The molecule has 0 spiro atoms. The third-order valence-electron chi connectivity index (χ3n) is 1.52. The van der Waals surface area contributed by atoms with Crippen molar-refractivity contribution in [2.75, 3.05) is 6.54 Å². The summed E-state index contributed by atoms with van der Waals surface area (Å²) in [6, 6.07) is 0. The van der Waals surface area contributed by atoms with Gasteiger partial charge in [0.1, 0.15) is 0 Å². The number of hydrogen-bond acceptors (Lipinski definition) is 2. The number of ether oxygens (including phenoxy) is 1. The van der Waals surface area contributed by atoms with Gasteiger partial charge in [0.2, 0.25) is 5.91 Å². The van der Waals surface area contributed by atoms with Crippen molar-refractivity contribution in [2.45, 2.75) is 32.5 Å². The van der Waals surface area contributed by atoms with Crippen LogP contribution in [0.1, 0.15) is 20.3 Å². The molecule has 1 fully saturated rings. The molecule has 0 saturated carbocycles. The summed E-state index contributed by atoms with van der Waals surface area (Å²) in [5.74, 6) is 0.0943. The van der Waals surface area contributed by atoms with E-state index in [2.05, 4.69) is 5.32 Å². The molecule has 1 rings (SSSR count). The van der Waals surface area contributed by atoms with Crippen molar-refractivity contribution in [3.63, 3.8) is 0 Å². The van der Waals surface area contributed by atoms with Crippen LogP contribution in [0.25, 0.3) is 0 Å².